The van der Waals surface area contributed by atoms with Gasteiger partial charge in [-0.15, -0.1) is 34.8 Å². The Morgan fingerprint density at radius 1 is 0.523 bits per heavy atom. The van der Waals surface area contributed by atoms with Crippen LogP contribution in [0.5, 0.6) is 0 Å². The minimum absolute atomic E-state index is 0. The molecule has 9 rings (SSSR count). The number of aliphatic hydroxyl groups is 6. The molecule has 6 saturated heterocycles. The van der Waals surface area contributed by atoms with Crippen LogP contribution in [-0.2, 0) is 87.2 Å². The summed E-state index contributed by atoms with van der Waals surface area (Å²) in [6.07, 6.45) is -3.35. The molecule has 0 unspecified atom stereocenters. The van der Waals surface area contributed by atoms with E-state index in [2.05, 4.69) is 89.9 Å². The maximum Gasteiger partial charge on any atom is 0.220 e. The van der Waals surface area contributed by atoms with Crippen LogP contribution in [0.3, 0.4) is 0 Å². The van der Waals surface area contributed by atoms with Crippen molar-refractivity contribution in [3.8, 4) is 0 Å². The predicted octanol–water partition coefficient (Wildman–Crippen LogP) is 4.76. The number of benzene rings is 3. The van der Waals surface area contributed by atoms with Crippen LogP contribution >= 0.6 is 56.2 Å². The molecule has 3 aromatic rings. The Kier molecular flexibility index (Phi) is 42.8. The molecule has 0 bridgehead atoms. The zero-order chi connectivity index (χ0) is 62.3. The zero-order valence-electron chi connectivity index (χ0n) is 51.2. The first-order valence-corrected chi connectivity index (χ1v) is 32.7. The summed E-state index contributed by atoms with van der Waals surface area (Å²) in [7, 11) is 13.8. The molecule has 514 valence electrons. The number of nitrogens with zero attached hydrogens (tertiary/aromatic N) is 3. The number of halogens is 5. The van der Waals surface area contributed by atoms with Crippen LogP contribution in [0, 0.1) is 23.7 Å². The van der Waals surface area contributed by atoms with Crippen LogP contribution in [-0.4, -0.2) is 244 Å². The molecule has 16 atom stereocenters. The maximum absolute atomic E-state index is 9.91. The average Bonchev–Trinajstić information content (AvgIpc) is 1.48. The first-order chi connectivity index (χ1) is 40.0. The maximum atomic E-state index is 9.91. The first-order valence-electron chi connectivity index (χ1n) is 28.3. The summed E-state index contributed by atoms with van der Waals surface area (Å²) in [5.74, 6) is -2.65. The monoisotopic (exact) mass is 1460 g/mol. The summed E-state index contributed by atoms with van der Waals surface area (Å²) < 4.78 is 56.8. The van der Waals surface area contributed by atoms with Gasteiger partial charge in [0.15, 0.2) is 0 Å². The Bertz CT molecular complexity index is 2210. The summed E-state index contributed by atoms with van der Waals surface area (Å²) in [4.78, 5) is 6.81. The molecule has 3 aromatic carbocycles. The third-order valence-electron chi connectivity index (χ3n) is 16.2. The van der Waals surface area contributed by atoms with Crippen LogP contribution in [0.4, 0.5) is 0 Å². The van der Waals surface area contributed by atoms with E-state index in [9.17, 15) is 20.4 Å². The van der Waals surface area contributed by atoms with Gasteiger partial charge in [0.1, 0.15) is 12.2 Å². The van der Waals surface area contributed by atoms with Crippen LogP contribution in [0.2, 0.25) is 0 Å². The number of fused-ring (bicyclic) bond motifs is 2. The molecule has 6 aliphatic rings. The molecule has 0 spiro atoms. The number of methoxy groups -OCH3 is 4. The molecule has 11 N–H and O–H groups in total. The van der Waals surface area contributed by atoms with Crippen molar-refractivity contribution in [2.45, 2.75) is 134 Å². The number of ether oxygens (including phenoxy) is 8. The quantitative estimate of drug-likeness (QED) is 0.0650. The predicted molar refractivity (Wildman–Crippen MR) is 343 cm³/mol. The molecule has 6 fully saturated rings. The average molecular weight is 1470 g/mol. The van der Waals surface area contributed by atoms with Gasteiger partial charge in [-0.1, -0.05) is 98.4 Å². The standard InChI is InChI=1S/C19H28ClNO4.C19H29NO5.C13H18ClNO2.C6H12ClNO2.C2H6O.CH4.Cl2OS.2H2O.Pd/c1-18(22-3)19(2,23-4)25-17-15(10-20)12-21(13-16(17)24-18)11-14-8-6-5-7-9-14;1-18(22-3)19(2,23-4)25-17-15(13-21)11-20(12-16(17)24-18)10-14-8-6-5-7-9-14;14-6-11-8-15(9-12(16)13(11)17)7-10-4-2-1-3-5-10;7-1-4-2-8-3-5(9)6(4)10;1-2-3;;1-4(2)3;;;/h5-9,15-17H,10-13H2,1-4H3;5-9,15-17,21H,10-13H2,1-4H3;1-5,11-13,16-17H,6-9H2;4-6,8-10H,1-3H2;3H,2H2,1H3;1H4;;2*1H2;/t15-,16+,17+,18-,19-;15-,16-,17-,18+,19+;11-,12+,13+;4-,5+,6+;;;;;;/m0100....../s1. The van der Waals surface area contributed by atoms with E-state index < -0.39 is 56.8 Å². The number of aliphatic hydroxyl groups excluding tert-OH is 6. The van der Waals surface area contributed by atoms with Gasteiger partial charge in [0.25, 0.3) is 0 Å². The number of hydrogen-bond donors (Lipinski definition) is 7. The smallest absolute Gasteiger partial charge is 0.220 e. The van der Waals surface area contributed by atoms with Crippen LogP contribution < -0.4 is 5.32 Å². The summed E-state index contributed by atoms with van der Waals surface area (Å²) in [6.45, 7) is 17.3. The van der Waals surface area contributed by atoms with Gasteiger partial charge in [0, 0.05) is 197 Å². The molecule has 0 aliphatic carbocycles. The third kappa shape index (κ3) is 25.0. The zero-order valence-corrected chi connectivity index (χ0v) is 57.4. The van der Waals surface area contributed by atoms with Gasteiger partial charge < -0.3 is 84.8 Å². The largest absolute Gasteiger partial charge is 0.412 e. The summed E-state index contributed by atoms with van der Waals surface area (Å²) in [5, 5.41) is 58.4. The number of rotatable bonds is 14. The number of nitrogens with one attached hydrogen (secondary N) is 1. The molecule has 28 heteroatoms. The van der Waals surface area contributed by atoms with Gasteiger partial charge in [-0.3, -0.25) is 14.7 Å². The van der Waals surface area contributed by atoms with Gasteiger partial charge in [0.2, 0.25) is 32.4 Å². The van der Waals surface area contributed by atoms with Gasteiger partial charge >= 0.3 is 0 Å². The van der Waals surface area contributed by atoms with Crippen molar-refractivity contribution in [2.75, 3.05) is 112 Å². The van der Waals surface area contributed by atoms with Crippen molar-refractivity contribution in [1.29, 1.82) is 0 Å². The van der Waals surface area contributed by atoms with E-state index in [1.54, 1.807) is 35.4 Å². The number of likely N-dealkylation sites (tertiary alicyclic amines) is 3. The Morgan fingerprint density at radius 3 is 1.16 bits per heavy atom. The van der Waals surface area contributed by atoms with Crippen molar-refractivity contribution in [3.63, 3.8) is 0 Å². The van der Waals surface area contributed by atoms with Gasteiger partial charge in [-0.2, -0.15) is 0 Å². The molecule has 21 nitrogen and oxygen atoms in total. The van der Waals surface area contributed by atoms with E-state index in [1.807, 2.05) is 70.2 Å². The topological polar surface area (TPSA) is 297 Å². The molecule has 0 radical (unpaired) electrons. The molecule has 6 heterocycles. The fourth-order valence-electron chi connectivity index (χ4n) is 11.0. The van der Waals surface area contributed by atoms with Crippen molar-refractivity contribution >= 4 is 65.4 Å². The summed E-state index contributed by atoms with van der Waals surface area (Å²) in [5.41, 5.74) is 3.73. The molecule has 0 amide bonds. The van der Waals surface area contributed by atoms with Crippen LogP contribution in [0.1, 0.15) is 58.7 Å². The van der Waals surface area contributed by atoms with Gasteiger partial charge in [-0.05, 0) is 51.3 Å². The third-order valence-corrected chi connectivity index (χ3v) is 17.4. The molecular weight excluding hydrogens is 1360 g/mol. The minimum atomic E-state index is -1.67. The number of alkyl halides is 3. The molecule has 0 saturated carbocycles. The number of β-amino-alcohol motifs (C(OH)–C–C–N with tert-alkyl or cyclic N) is 2. The van der Waals surface area contributed by atoms with E-state index in [0.29, 0.717) is 37.3 Å². The van der Waals surface area contributed by atoms with Gasteiger partial charge in [-0.25, -0.2) is 4.21 Å². The van der Waals surface area contributed by atoms with E-state index >= 15 is 0 Å². The van der Waals surface area contributed by atoms with Crippen LogP contribution in [0.25, 0.3) is 0 Å². The molecule has 6 aliphatic heterocycles. The molecule has 0 aromatic heterocycles. The first kappa shape index (κ1) is 87.1. The second-order valence-electron chi connectivity index (χ2n) is 22.1. The fourth-order valence-corrected chi connectivity index (χ4v) is 11.9. The Labute approximate surface area is 562 Å². The van der Waals surface area contributed by atoms with E-state index in [-0.39, 0.29) is 100 Å². The Hall–Kier alpha value is -0.878. The Balaban J connectivity index is 0.00000113. The second-order valence-corrected chi connectivity index (χ2v) is 25.5. The Morgan fingerprint density at radius 2 is 0.830 bits per heavy atom. The van der Waals surface area contributed by atoms with Crippen LogP contribution in [0.15, 0.2) is 91.0 Å². The molecular formula is C60H101Cl5N4O17PdS. The second kappa shape index (κ2) is 43.2. The van der Waals surface area contributed by atoms with E-state index in [1.165, 1.54) is 16.7 Å². The molecule has 88 heavy (non-hydrogen) atoms. The van der Waals surface area contributed by atoms with Crippen molar-refractivity contribution < 1.29 is 104 Å². The number of hydrogen-bond acceptors (Lipinski definition) is 19. The van der Waals surface area contributed by atoms with E-state index in [4.69, 9.17) is 87.1 Å². The number of piperidine rings is 4. The minimum Gasteiger partial charge on any atom is -0.412 e. The summed E-state index contributed by atoms with van der Waals surface area (Å²) >= 11 is 17.6. The normalized spacial score (nSPS) is 33.5. The van der Waals surface area contributed by atoms with Crippen molar-refractivity contribution in [1.82, 2.24) is 20.0 Å². The fraction of sp³-hybridized carbons (Fsp3) is 0.700. The van der Waals surface area contributed by atoms with Gasteiger partial charge in [0.05, 0.1) is 36.6 Å². The van der Waals surface area contributed by atoms with Crippen molar-refractivity contribution in [3.05, 3.63) is 108 Å². The van der Waals surface area contributed by atoms with Crippen molar-refractivity contribution in [2.24, 2.45) is 23.7 Å². The van der Waals surface area contributed by atoms with E-state index in [0.717, 1.165) is 52.4 Å². The summed E-state index contributed by atoms with van der Waals surface area (Å²) in [6, 6.07) is 30.9. The SMILES string of the molecule is C.CCO.CO[C@@]1(C)O[C@@H]2[C@@H](CCl)CN(Cc3ccccc3)C[C@H]2O[C@]1(C)OC.CO[C@@]1(C)O[C@@H]2[C@@H](CO)CN(Cc3ccccc3)C[C@H]2O[C@]1(C)OC.O.O.O=S(Cl)Cl.O[C@@H]1[C@@H](CCl)CN(Cc2ccccc2)C[C@H]1O.O[C@@H]1[C@@H](CCl)CNC[C@H]1O.[Pd].